The molecule has 7 heteroatoms. The predicted octanol–water partition coefficient (Wildman–Crippen LogP) is 3.22. The second kappa shape index (κ2) is 8.74. The molecule has 6 nitrogen and oxygen atoms in total. The molecule has 0 saturated carbocycles. The lowest BCUT2D eigenvalue weighted by Crippen LogP contribution is -2.26. The van der Waals surface area contributed by atoms with E-state index in [1.165, 1.54) is 10.4 Å². The monoisotopic (exact) mass is 405 g/mol. The normalized spacial score (nSPS) is 16.9. The van der Waals surface area contributed by atoms with Gasteiger partial charge in [0.2, 0.25) is 5.91 Å². The van der Waals surface area contributed by atoms with Crippen LogP contribution in [0.1, 0.15) is 56.3 Å². The lowest BCUT2D eigenvalue weighted by Gasteiger charge is -2.33. The lowest BCUT2D eigenvalue weighted by atomic mass is 9.72. The van der Waals surface area contributed by atoms with Crippen molar-refractivity contribution in [2.24, 2.45) is 11.3 Å². The van der Waals surface area contributed by atoms with Crippen molar-refractivity contribution in [2.45, 2.75) is 59.3 Å². The minimum atomic E-state index is -0.0628. The number of rotatable bonds is 7. The predicted molar refractivity (Wildman–Crippen MR) is 113 cm³/mol. The summed E-state index contributed by atoms with van der Waals surface area (Å²) in [6.07, 6.45) is 4.64. The highest BCUT2D eigenvalue weighted by Gasteiger charge is 2.31. The molecule has 1 atom stereocenters. The maximum absolute atomic E-state index is 12.7. The average molecular weight is 406 g/mol. The van der Waals surface area contributed by atoms with Crippen molar-refractivity contribution in [2.75, 3.05) is 20.3 Å². The van der Waals surface area contributed by atoms with E-state index in [2.05, 4.69) is 36.1 Å². The summed E-state index contributed by atoms with van der Waals surface area (Å²) in [5.41, 5.74) is 1.40. The molecule has 154 valence electrons. The van der Waals surface area contributed by atoms with E-state index in [1.807, 2.05) is 0 Å². The van der Waals surface area contributed by atoms with E-state index in [4.69, 9.17) is 4.74 Å². The van der Waals surface area contributed by atoms with Gasteiger partial charge in [-0.1, -0.05) is 20.8 Å². The average Bonchev–Trinajstić information content (AvgIpc) is 3.01. The Bertz CT molecular complexity index is 895. The third-order valence-corrected chi connectivity index (χ3v) is 6.78. The van der Waals surface area contributed by atoms with Crippen molar-refractivity contribution < 1.29 is 9.53 Å². The number of H-pyrrole nitrogens is 1. The van der Waals surface area contributed by atoms with Crippen LogP contribution in [-0.4, -0.2) is 36.1 Å². The van der Waals surface area contributed by atoms with Gasteiger partial charge in [0, 0.05) is 38.0 Å². The van der Waals surface area contributed by atoms with Crippen LogP contribution in [0.2, 0.25) is 0 Å². The number of nitrogens with zero attached hydrogens (tertiary/aromatic N) is 1. The number of methoxy groups -OCH3 is 1. The minimum Gasteiger partial charge on any atom is -0.385 e. The summed E-state index contributed by atoms with van der Waals surface area (Å²) >= 11 is 1.66. The Kier molecular flexibility index (Phi) is 6.55. The van der Waals surface area contributed by atoms with Crippen molar-refractivity contribution >= 4 is 27.5 Å². The van der Waals surface area contributed by atoms with Gasteiger partial charge in [0.25, 0.3) is 5.56 Å². The summed E-state index contributed by atoms with van der Waals surface area (Å²) in [6.45, 7) is 8.10. The quantitative estimate of drug-likeness (QED) is 0.693. The third-order valence-electron chi connectivity index (χ3n) is 5.63. The van der Waals surface area contributed by atoms with Crippen LogP contribution >= 0.6 is 11.3 Å². The smallest absolute Gasteiger partial charge is 0.259 e. The van der Waals surface area contributed by atoms with Gasteiger partial charge in [-0.3, -0.25) is 9.59 Å². The molecule has 1 aliphatic rings. The number of carbonyl (C=O) groups is 1. The Hall–Kier alpha value is -1.73. The first-order valence-corrected chi connectivity index (χ1v) is 10.9. The van der Waals surface area contributed by atoms with E-state index in [9.17, 15) is 9.59 Å². The summed E-state index contributed by atoms with van der Waals surface area (Å²) in [7, 11) is 1.64. The van der Waals surface area contributed by atoms with Crippen molar-refractivity contribution in [1.82, 2.24) is 15.3 Å². The number of hydrogen-bond donors (Lipinski definition) is 2. The van der Waals surface area contributed by atoms with E-state index in [1.54, 1.807) is 18.4 Å². The van der Waals surface area contributed by atoms with Crippen LogP contribution in [0.3, 0.4) is 0 Å². The first-order chi connectivity index (χ1) is 13.3. The second-order valence-electron chi connectivity index (χ2n) is 8.70. The lowest BCUT2D eigenvalue weighted by molar-refractivity contribution is -0.121. The Balaban J connectivity index is 1.70. The van der Waals surface area contributed by atoms with Crippen molar-refractivity contribution in [3.8, 4) is 0 Å². The number of fused-ring (bicyclic) bond motifs is 3. The zero-order valence-corrected chi connectivity index (χ0v) is 18.1. The molecule has 2 aromatic heterocycles. The maximum Gasteiger partial charge on any atom is 0.259 e. The third kappa shape index (κ3) is 4.81. The van der Waals surface area contributed by atoms with E-state index in [0.717, 1.165) is 35.9 Å². The van der Waals surface area contributed by atoms with Gasteiger partial charge in [0.05, 0.1) is 5.39 Å². The largest absolute Gasteiger partial charge is 0.385 e. The molecule has 0 unspecified atom stereocenters. The highest BCUT2D eigenvalue weighted by molar-refractivity contribution is 7.18. The van der Waals surface area contributed by atoms with Crippen LogP contribution in [0.25, 0.3) is 10.2 Å². The molecule has 0 bridgehead atoms. The molecule has 2 N–H and O–H groups in total. The highest BCUT2D eigenvalue weighted by atomic mass is 32.1. The Morgan fingerprint density at radius 3 is 2.89 bits per heavy atom. The van der Waals surface area contributed by atoms with Gasteiger partial charge in [0.1, 0.15) is 10.7 Å². The van der Waals surface area contributed by atoms with Crippen molar-refractivity contribution in [3.63, 3.8) is 0 Å². The number of aromatic nitrogens is 2. The van der Waals surface area contributed by atoms with E-state index >= 15 is 0 Å². The van der Waals surface area contributed by atoms with Crippen LogP contribution in [0.5, 0.6) is 0 Å². The van der Waals surface area contributed by atoms with Gasteiger partial charge in [-0.25, -0.2) is 4.98 Å². The number of amides is 1. The van der Waals surface area contributed by atoms with Crippen molar-refractivity contribution in [1.29, 1.82) is 0 Å². The zero-order chi connectivity index (χ0) is 20.3. The molecular weight excluding hydrogens is 374 g/mol. The molecular formula is C21H31N3O3S. The number of aromatic amines is 1. The van der Waals surface area contributed by atoms with Crippen LogP contribution in [-0.2, 0) is 28.8 Å². The van der Waals surface area contributed by atoms with E-state index < -0.39 is 0 Å². The molecule has 0 spiro atoms. The Morgan fingerprint density at radius 2 is 2.18 bits per heavy atom. The van der Waals surface area contributed by atoms with Gasteiger partial charge in [-0.05, 0) is 42.6 Å². The molecule has 2 aromatic rings. The fourth-order valence-electron chi connectivity index (χ4n) is 3.85. The van der Waals surface area contributed by atoms with Gasteiger partial charge in [-0.2, -0.15) is 0 Å². The number of carbonyl (C=O) groups excluding carboxylic acids is 1. The SMILES string of the molecule is COCCCNC(=O)CCc1nc2sc3c(c2c(=O)[nH]1)CC[C@H](C(C)(C)C)C3. The van der Waals surface area contributed by atoms with Crippen LogP contribution in [0.4, 0.5) is 0 Å². The highest BCUT2D eigenvalue weighted by Crippen LogP contribution is 2.41. The van der Waals surface area contributed by atoms with Crippen molar-refractivity contribution in [3.05, 3.63) is 26.6 Å². The summed E-state index contributed by atoms with van der Waals surface area (Å²) < 4.78 is 4.97. The number of ether oxygens (including phenoxy) is 1. The molecule has 1 aliphatic carbocycles. The summed E-state index contributed by atoms with van der Waals surface area (Å²) in [5.74, 6) is 1.20. The second-order valence-corrected chi connectivity index (χ2v) is 9.78. The van der Waals surface area contributed by atoms with Gasteiger partial charge in [-0.15, -0.1) is 11.3 Å². The topological polar surface area (TPSA) is 84.1 Å². The van der Waals surface area contributed by atoms with Crippen LogP contribution in [0, 0.1) is 11.3 Å². The molecule has 1 amide bonds. The van der Waals surface area contributed by atoms with E-state index in [0.29, 0.717) is 37.7 Å². The standard InChI is InChI=1S/C21H31N3O3S/c1-21(2,3)13-6-7-14-15(12-13)28-20-18(14)19(26)23-16(24-20)8-9-17(25)22-10-5-11-27-4/h13H,5-12H2,1-4H3,(H,22,25)(H,23,24,26)/t13-/m0/s1. The molecule has 0 aromatic carbocycles. The molecule has 0 saturated heterocycles. The van der Waals surface area contributed by atoms with Crippen LogP contribution in [0.15, 0.2) is 4.79 Å². The molecule has 0 radical (unpaired) electrons. The van der Waals surface area contributed by atoms with Gasteiger partial charge in [0.15, 0.2) is 0 Å². The Morgan fingerprint density at radius 1 is 1.39 bits per heavy atom. The maximum atomic E-state index is 12.7. The fourth-order valence-corrected chi connectivity index (χ4v) is 5.17. The minimum absolute atomic E-state index is 0.0302. The number of nitrogens with one attached hydrogen (secondary N) is 2. The molecule has 0 aliphatic heterocycles. The Labute approximate surface area is 170 Å². The molecule has 3 rings (SSSR count). The summed E-state index contributed by atoms with van der Waals surface area (Å²) in [6, 6.07) is 0. The summed E-state index contributed by atoms with van der Waals surface area (Å²) in [5, 5.41) is 3.63. The molecule has 28 heavy (non-hydrogen) atoms. The molecule has 2 heterocycles. The fraction of sp³-hybridized carbons (Fsp3) is 0.667. The van der Waals surface area contributed by atoms with Gasteiger partial charge >= 0.3 is 0 Å². The molecule has 0 fully saturated rings. The summed E-state index contributed by atoms with van der Waals surface area (Å²) in [4.78, 5) is 34.3. The first-order valence-electron chi connectivity index (χ1n) is 10.1. The van der Waals surface area contributed by atoms with Crippen LogP contribution < -0.4 is 10.9 Å². The zero-order valence-electron chi connectivity index (χ0n) is 17.3. The van der Waals surface area contributed by atoms with Gasteiger partial charge < -0.3 is 15.0 Å². The number of aryl methyl sites for hydroxylation is 2. The number of thiophene rings is 1. The van der Waals surface area contributed by atoms with E-state index in [-0.39, 0.29) is 16.9 Å². The number of hydrogen-bond acceptors (Lipinski definition) is 5. The first kappa shape index (κ1) is 21.0.